The maximum absolute atomic E-state index is 3.53. The van der Waals surface area contributed by atoms with Crippen molar-refractivity contribution in [1.29, 1.82) is 0 Å². The molecule has 0 aliphatic rings. The second-order valence-corrected chi connectivity index (χ2v) is 6.62. The van der Waals surface area contributed by atoms with Crippen LogP contribution in [0.2, 0.25) is 0 Å². The van der Waals surface area contributed by atoms with Gasteiger partial charge in [0.05, 0.1) is 0 Å². The summed E-state index contributed by atoms with van der Waals surface area (Å²) in [5.74, 6) is 0. The van der Waals surface area contributed by atoms with Crippen LogP contribution in [-0.4, -0.2) is 12.6 Å². The van der Waals surface area contributed by atoms with Crippen LogP contribution in [0.5, 0.6) is 0 Å². The van der Waals surface area contributed by atoms with Crippen LogP contribution in [0.4, 0.5) is 11.4 Å². The Morgan fingerprint density at radius 1 is 1.00 bits per heavy atom. The molecule has 0 radical (unpaired) electrons. The Morgan fingerprint density at radius 3 is 2.24 bits per heavy atom. The van der Waals surface area contributed by atoms with Crippen molar-refractivity contribution in [2.75, 3.05) is 11.9 Å². The van der Waals surface area contributed by atoms with Crippen molar-refractivity contribution < 1.29 is 0 Å². The molecule has 0 aliphatic heterocycles. The predicted octanol–water partition coefficient (Wildman–Crippen LogP) is 4.65. The quantitative estimate of drug-likeness (QED) is 0.878. The van der Waals surface area contributed by atoms with Gasteiger partial charge in [-0.3, -0.25) is 0 Å². The lowest BCUT2D eigenvalue weighted by atomic mass is 10.1. The largest absolute Gasteiger partial charge is 0.344 e. The number of anilines is 2. The molecule has 0 aliphatic carbocycles. The third-order valence-electron chi connectivity index (χ3n) is 3.59. The molecule has 0 aromatic heterocycles. The van der Waals surface area contributed by atoms with E-state index in [9.17, 15) is 0 Å². The highest BCUT2D eigenvalue weighted by atomic mass is 15.1. The molecule has 0 heterocycles. The molecule has 0 atom stereocenters. The fourth-order valence-corrected chi connectivity index (χ4v) is 2.36. The first-order valence-electron chi connectivity index (χ1n) is 7.50. The highest BCUT2D eigenvalue weighted by molar-refractivity contribution is 5.65. The minimum Gasteiger partial charge on any atom is -0.344 e. The molecule has 0 fully saturated rings. The van der Waals surface area contributed by atoms with Gasteiger partial charge in [0.1, 0.15) is 0 Å². The molecule has 2 aromatic rings. The molecule has 2 nitrogen and oxygen atoms in total. The van der Waals surface area contributed by atoms with E-state index >= 15 is 0 Å². The van der Waals surface area contributed by atoms with Crippen molar-refractivity contribution in [2.24, 2.45) is 0 Å². The number of nitrogens with one attached hydrogen (secondary N) is 1. The monoisotopic (exact) mass is 282 g/mol. The average molecular weight is 282 g/mol. The summed E-state index contributed by atoms with van der Waals surface area (Å²) in [7, 11) is 2.12. The summed E-state index contributed by atoms with van der Waals surface area (Å²) in [6.07, 6.45) is 0. The number of rotatable bonds is 4. The molecule has 2 aromatic carbocycles. The molecule has 1 N–H and O–H groups in total. The number of benzene rings is 2. The van der Waals surface area contributed by atoms with Crippen molar-refractivity contribution in [2.45, 2.75) is 39.8 Å². The zero-order chi connectivity index (χ0) is 15.5. The predicted molar refractivity (Wildman–Crippen MR) is 92.3 cm³/mol. The lowest BCUT2D eigenvalue weighted by molar-refractivity contribution is 0.424. The molecule has 0 spiro atoms. The van der Waals surface area contributed by atoms with Gasteiger partial charge in [0.15, 0.2) is 0 Å². The van der Waals surface area contributed by atoms with Crippen LogP contribution in [0.15, 0.2) is 48.5 Å². The lowest BCUT2D eigenvalue weighted by Gasteiger charge is -2.23. The summed E-state index contributed by atoms with van der Waals surface area (Å²) >= 11 is 0. The van der Waals surface area contributed by atoms with E-state index in [1.54, 1.807) is 0 Å². The van der Waals surface area contributed by atoms with Gasteiger partial charge in [-0.15, -0.1) is 0 Å². The Labute approximate surface area is 128 Å². The Morgan fingerprint density at radius 2 is 1.67 bits per heavy atom. The topological polar surface area (TPSA) is 15.3 Å². The van der Waals surface area contributed by atoms with Gasteiger partial charge in [-0.25, -0.2) is 0 Å². The average Bonchev–Trinajstić information content (AvgIpc) is 2.45. The fourth-order valence-electron chi connectivity index (χ4n) is 2.36. The maximum atomic E-state index is 3.53. The van der Waals surface area contributed by atoms with E-state index < -0.39 is 0 Å². The molecule has 2 heteroatoms. The van der Waals surface area contributed by atoms with E-state index in [1.807, 2.05) is 6.07 Å². The van der Waals surface area contributed by atoms with E-state index in [1.165, 1.54) is 22.5 Å². The van der Waals surface area contributed by atoms with E-state index in [0.29, 0.717) is 0 Å². The number of nitrogens with zero attached hydrogens (tertiary/aromatic N) is 1. The van der Waals surface area contributed by atoms with Gasteiger partial charge in [-0.2, -0.15) is 0 Å². The van der Waals surface area contributed by atoms with Crippen LogP contribution in [-0.2, 0) is 6.54 Å². The number of hydrogen-bond acceptors (Lipinski definition) is 2. The van der Waals surface area contributed by atoms with Crippen molar-refractivity contribution in [3.8, 4) is 0 Å². The normalized spacial score (nSPS) is 11.5. The summed E-state index contributed by atoms with van der Waals surface area (Å²) in [4.78, 5) is 2.23. The number of para-hydroxylation sites is 1. The van der Waals surface area contributed by atoms with Gasteiger partial charge in [0, 0.05) is 30.5 Å². The van der Waals surface area contributed by atoms with Gasteiger partial charge < -0.3 is 10.2 Å². The van der Waals surface area contributed by atoms with Crippen LogP contribution < -0.4 is 10.2 Å². The van der Waals surface area contributed by atoms with Gasteiger partial charge >= 0.3 is 0 Å². The van der Waals surface area contributed by atoms with Gasteiger partial charge in [-0.1, -0.05) is 30.3 Å². The second-order valence-electron chi connectivity index (χ2n) is 6.62. The molecule has 0 amide bonds. The lowest BCUT2D eigenvalue weighted by Crippen LogP contribution is -2.35. The first-order chi connectivity index (χ1) is 9.87. The summed E-state index contributed by atoms with van der Waals surface area (Å²) in [6.45, 7) is 9.65. The Kier molecular flexibility index (Phi) is 4.69. The molecule has 0 unspecified atom stereocenters. The summed E-state index contributed by atoms with van der Waals surface area (Å²) < 4.78 is 0. The molecule has 21 heavy (non-hydrogen) atoms. The van der Waals surface area contributed by atoms with Crippen LogP contribution in [0, 0.1) is 6.92 Å². The molecule has 112 valence electrons. The van der Waals surface area contributed by atoms with E-state index in [-0.39, 0.29) is 5.54 Å². The molecular weight excluding hydrogens is 256 g/mol. The highest BCUT2D eigenvalue weighted by Gasteiger charge is 2.10. The van der Waals surface area contributed by atoms with Crippen molar-refractivity contribution in [3.63, 3.8) is 0 Å². The molecule has 2 rings (SSSR count). The van der Waals surface area contributed by atoms with E-state index in [2.05, 4.69) is 87.4 Å². The first kappa shape index (κ1) is 15.6. The van der Waals surface area contributed by atoms with Crippen LogP contribution >= 0.6 is 0 Å². The number of hydrogen-bond donors (Lipinski definition) is 1. The zero-order valence-corrected chi connectivity index (χ0v) is 13.8. The van der Waals surface area contributed by atoms with Crippen molar-refractivity contribution in [3.05, 3.63) is 59.7 Å². The van der Waals surface area contributed by atoms with Crippen molar-refractivity contribution >= 4 is 11.4 Å². The van der Waals surface area contributed by atoms with Gasteiger partial charge in [0.2, 0.25) is 0 Å². The third-order valence-corrected chi connectivity index (χ3v) is 3.59. The Balaban J connectivity index is 2.16. The van der Waals surface area contributed by atoms with Crippen LogP contribution in [0.1, 0.15) is 31.9 Å². The van der Waals surface area contributed by atoms with Gasteiger partial charge in [-0.05, 0) is 57.0 Å². The third kappa shape index (κ3) is 4.33. The van der Waals surface area contributed by atoms with Gasteiger partial charge in [0.25, 0.3) is 0 Å². The first-order valence-corrected chi connectivity index (χ1v) is 7.50. The Bertz CT molecular complexity index is 582. The van der Waals surface area contributed by atoms with Crippen molar-refractivity contribution in [1.82, 2.24) is 5.32 Å². The summed E-state index contributed by atoms with van der Waals surface area (Å²) in [6, 6.07) is 17.1. The minimum absolute atomic E-state index is 0.146. The summed E-state index contributed by atoms with van der Waals surface area (Å²) in [5, 5.41) is 3.53. The summed E-state index contributed by atoms with van der Waals surface area (Å²) in [5.41, 5.74) is 5.23. The SMILES string of the molecule is Cc1cc(CNC(C)(C)C)ccc1N(C)c1ccccc1. The van der Waals surface area contributed by atoms with Crippen LogP contribution in [0.25, 0.3) is 0 Å². The zero-order valence-electron chi connectivity index (χ0n) is 13.8. The molecule has 0 saturated carbocycles. The Hall–Kier alpha value is -1.80. The standard InChI is InChI=1S/C19H26N2/c1-15-13-16(14-20-19(2,3)4)11-12-18(15)21(5)17-9-7-6-8-10-17/h6-13,20H,14H2,1-5H3. The second kappa shape index (κ2) is 6.31. The molecule has 0 saturated heterocycles. The molecule has 0 bridgehead atoms. The van der Waals surface area contributed by atoms with Crippen LogP contribution in [0.3, 0.4) is 0 Å². The minimum atomic E-state index is 0.146. The smallest absolute Gasteiger partial charge is 0.0438 e. The maximum Gasteiger partial charge on any atom is 0.0438 e. The van der Waals surface area contributed by atoms with E-state index in [0.717, 1.165) is 6.54 Å². The highest BCUT2D eigenvalue weighted by Crippen LogP contribution is 2.27. The van der Waals surface area contributed by atoms with E-state index in [4.69, 9.17) is 0 Å². The molecular formula is C19H26N2. The number of aryl methyl sites for hydroxylation is 1. The fraction of sp³-hybridized carbons (Fsp3) is 0.368.